The van der Waals surface area contributed by atoms with E-state index in [1.165, 1.54) is 18.2 Å². The first kappa shape index (κ1) is 8.75. The zero-order valence-electron chi connectivity index (χ0n) is 7.01. The maximum absolute atomic E-state index is 8.88. The van der Waals surface area contributed by atoms with Crippen LogP contribution in [0.4, 0.5) is 0 Å². The summed E-state index contributed by atoms with van der Waals surface area (Å²) in [6.45, 7) is 0. The topological polar surface area (TPSA) is 90.3 Å². The number of hydrogen-bond donors (Lipinski definition) is 2. The van der Waals surface area contributed by atoms with Gasteiger partial charge in [0, 0.05) is 0 Å². The van der Waals surface area contributed by atoms with Crippen molar-refractivity contribution in [3.8, 4) is 6.07 Å². The molecule has 1 aromatic carbocycles. The molecule has 14 heavy (non-hydrogen) atoms. The number of nitriles is 1. The minimum absolute atomic E-state index is 0.0374. The highest BCUT2D eigenvalue weighted by Gasteiger charge is 2.13. The average Bonchev–Trinajstić information content (AvgIpc) is 2.58. The summed E-state index contributed by atoms with van der Waals surface area (Å²) < 4.78 is 5.02. The summed E-state index contributed by atoms with van der Waals surface area (Å²) in [5.41, 5.74) is 1.20. The summed E-state index contributed by atoms with van der Waals surface area (Å²) in [4.78, 5) is 3.82. The van der Waals surface area contributed by atoms with E-state index in [0.717, 1.165) is 0 Å². The Bertz CT molecular complexity index is 515. The van der Waals surface area contributed by atoms with Crippen molar-refractivity contribution in [1.29, 1.82) is 5.26 Å². The standard InChI is InChI=1S/C8H5BN2O3/c10-4-8-11-6-3-5(9(12)13)1-2-7(6)14-8/h1-3,12-13H. The number of aromatic nitrogens is 1. The third-order valence-electron chi connectivity index (χ3n) is 1.81. The SMILES string of the molecule is N#Cc1nc2cc(B(O)O)ccc2o1. The maximum atomic E-state index is 8.88. The molecule has 0 aliphatic heterocycles. The molecule has 0 aliphatic carbocycles. The number of hydrogen-bond acceptors (Lipinski definition) is 5. The number of rotatable bonds is 1. The van der Waals surface area contributed by atoms with Crippen LogP contribution in [0.5, 0.6) is 0 Å². The maximum Gasteiger partial charge on any atom is 0.488 e. The van der Waals surface area contributed by atoms with Crippen molar-refractivity contribution in [3.63, 3.8) is 0 Å². The summed E-state index contributed by atoms with van der Waals surface area (Å²) in [7, 11) is -1.54. The van der Waals surface area contributed by atoms with Gasteiger partial charge in [-0.2, -0.15) is 10.2 Å². The zero-order chi connectivity index (χ0) is 10.1. The van der Waals surface area contributed by atoms with Crippen LogP contribution in [0.2, 0.25) is 0 Å². The average molecular weight is 188 g/mol. The Morgan fingerprint density at radius 2 is 2.21 bits per heavy atom. The first-order chi connectivity index (χ1) is 6.70. The van der Waals surface area contributed by atoms with Gasteiger partial charge in [0.25, 0.3) is 0 Å². The van der Waals surface area contributed by atoms with Crippen LogP contribution in [-0.2, 0) is 0 Å². The van der Waals surface area contributed by atoms with Gasteiger partial charge in [0.15, 0.2) is 11.7 Å². The van der Waals surface area contributed by atoms with Crippen LogP contribution >= 0.6 is 0 Å². The van der Waals surface area contributed by atoms with Gasteiger partial charge in [0.2, 0.25) is 0 Å². The van der Waals surface area contributed by atoms with E-state index in [1.54, 1.807) is 6.07 Å². The van der Waals surface area contributed by atoms with Crippen molar-refractivity contribution in [1.82, 2.24) is 4.98 Å². The number of benzene rings is 1. The predicted octanol–water partition coefficient (Wildman–Crippen LogP) is -0.621. The highest BCUT2D eigenvalue weighted by atomic mass is 16.4. The van der Waals surface area contributed by atoms with E-state index in [1.807, 2.05) is 0 Å². The van der Waals surface area contributed by atoms with Gasteiger partial charge in [0.1, 0.15) is 5.52 Å². The Kier molecular flexibility index (Phi) is 1.96. The van der Waals surface area contributed by atoms with Crippen molar-refractivity contribution < 1.29 is 14.5 Å². The molecule has 2 N–H and O–H groups in total. The van der Waals surface area contributed by atoms with Gasteiger partial charge in [0.05, 0.1) is 0 Å². The van der Waals surface area contributed by atoms with Gasteiger partial charge in [-0.15, -0.1) is 0 Å². The molecule has 0 aliphatic rings. The quantitative estimate of drug-likeness (QED) is 0.582. The van der Waals surface area contributed by atoms with Gasteiger partial charge in [-0.05, 0) is 17.6 Å². The molecule has 0 bridgehead atoms. The Morgan fingerprint density at radius 3 is 2.86 bits per heavy atom. The second-order valence-corrected chi connectivity index (χ2v) is 2.73. The van der Waals surface area contributed by atoms with Crippen LogP contribution in [0.1, 0.15) is 5.89 Å². The van der Waals surface area contributed by atoms with Crippen LogP contribution in [0.3, 0.4) is 0 Å². The monoisotopic (exact) mass is 188 g/mol. The molecule has 5 nitrogen and oxygen atoms in total. The molecule has 0 atom stereocenters. The lowest BCUT2D eigenvalue weighted by Gasteiger charge is -1.96. The zero-order valence-corrected chi connectivity index (χ0v) is 7.01. The fourth-order valence-electron chi connectivity index (χ4n) is 1.15. The molecule has 6 heteroatoms. The number of fused-ring (bicyclic) bond motifs is 1. The molecule has 1 heterocycles. The van der Waals surface area contributed by atoms with Crippen molar-refractivity contribution in [2.45, 2.75) is 0 Å². The van der Waals surface area contributed by atoms with Gasteiger partial charge in [-0.1, -0.05) is 6.07 Å². The molecule has 0 amide bonds. The molecule has 0 saturated heterocycles. The van der Waals surface area contributed by atoms with E-state index in [-0.39, 0.29) is 5.89 Å². The number of oxazole rings is 1. The van der Waals surface area contributed by atoms with Crippen LogP contribution in [0.25, 0.3) is 11.1 Å². The fourth-order valence-corrected chi connectivity index (χ4v) is 1.15. The lowest BCUT2D eigenvalue weighted by Crippen LogP contribution is -2.29. The van der Waals surface area contributed by atoms with Crippen molar-refractivity contribution >= 4 is 23.7 Å². The van der Waals surface area contributed by atoms with Crippen LogP contribution in [0.15, 0.2) is 22.6 Å². The number of nitrogens with zero attached hydrogens (tertiary/aromatic N) is 2. The summed E-state index contributed by atoms with van der Waals surface area (Å²) in [5, 5.41) is 26.3. The second-order valence-electron chi connectivity index (χ2n) is 2.73. The molecule has 0 spiro atoms. The van der Waals surface area contributed by atoms with E-state index in [9.17, 15) is 0 Å². The molecule has 2 rings (SSSR count). The molecule has 1 aromatic heterocycles. The van der Waals surface area contributed by atoms with E-state index < -0.39 is 7.12 Å². The molecular weight excluding hydrogens is 183 g/mol. The first-order valence-electron chi connectivity index (χ1n) is 3.87. The Hall–Kier alpha value is -1.84. The molecule has 68 valence electrons. The Morgan fingerprint density at radius 1 is 1.43 bits per heavy atom. The summed E-state index contributed by atoms with van der Waals surface area (Å²) in [6.07, 6.45) is 0. The lowest BCUT2D eigenvalue weighted by molar-refractivity contribution is 0.426. The minimum Gasteiger partial charge on any atom is -0.428 e. The van der Waals surface area contributed by atoms with Crippen LogP contribution in [0, 0.1) is 11.3 Å². The Balaban J connectivity index is 2.61. The second kappa shape index (κ2) is 3.14. The predicted molar refractivity (Wildman–Crippen MR) is 48.5 cm³/mol. The molecular formula is C8H5BN2O3. The lowest BCUT2D eigenvalue weighted by atomic mass is 9.80. The van der Waals surface area contributed by atoms with Crippen molar-refractivity contribution in [2.75, 3.05) is 0 Å². The van der Waals surface area contributed by atoms with Gasteiger partial charge in [-0.25, -0.2) is 0 Å². The largest absolute Gasteiger partial charge is 0.488 e. The van der Waals surface area contributed by atoms with E-state index >= 15 is 0 Å². The van der Waals surface area contributed by atoms with E-state index in [0.29, 0.717) is 16.6 Å². The van der Waals surface area contributed by atoms with Gasteiger partial charge < -0.3 is 14.5 Å². The van der Waals surface area contributed by atoms with Crippen LogP contribution in [-0.4, -0.2) is 22.2 Å². The summed E-state index contributed by atoms with van der Waals surface area (Å²) >= 11 is 0. The molecule has 0 unspecified atom stereocenters. The van der Waals surface area contributed by atoms with Crippen molar-refractivity contribution in [3.05, 3.63) is 24.1 Å². The molecule has 0 fully saturated rings. The molecule has 0 radical (unpaired) electrons. The highest BCUT2D eigenvalue weighted by Crippen LogP contribution is 2.12. The Labute approximate surface area is 79.4 Å². The van der Waals surface area contributed by atoms with Crippen LogP contribution < -0.4 is 5.46 Å². The van der Waals surface area contributed by atoms with E-state index in [2.05, 4.69) is 4.98 Å². The molecule has 0 saturated carbocycles. The minimum atomic E-state index is -1.54. The first-order valence-corrected chi connectivity index (χ1v) is 3.87. The smallest absolute Gasteiger partial charge is 0.428 e. The highest BCUT2D eigenvalue weighted by molar-refractivity contribution is 6.58. The normalized spacial score (nSPS) is 10.1. The summed E-state index contributed by atoms with van der Waals surface area (Å²) in [5.74, 6) is -0.0374. The van der Waals surface area contributed by atoms with Gasteiger partial charge >= 0.3 is 13.0 Å². The third kappa shape index (κ3) is 1.35. The van der Waals surface area contributed by atoms with Crippen molar-refractivity contribution in [2.24, 2.45) is 0 Å². The van der Waals surface area contributed by atoms with Gasteiger partial charge in [-0.3, -0.25) is 0 Å². The fraction of sp³-hybridized carbons (Fsp3) is 0. The van der Waals surface area contributed by atoms with E-state index in [4.69, 9.17) is 19.7 Å². The third-order valence-corrected chi connectivity index (χ3v) is 1.81. The summed E-state index contributed by atoms with van der Waals surface area (Å²) in [6, 6.07) is 6.26. The molecule has 2 aromatic rings.